The van der Waals surface area contributed by atoms with Gasteiger partial charge in [0.15, 0.2) is 29.1 Å². The van der Waals surface area contributed by atoms with Gasteiger partial charge in [0.2, 0.25) is 11.8 Å². The number of amides is 2. The molecule has 2 aliphatic heterocycles. The quantitative estimate of drug-likeness (QED) is 0.0272. The van der Waals surface area contributed by atoms with E-state index >= 15 is 0 Å². The van der Waals surface area contributed by atoms with Gasteiger partial charge in [-0.05, 0) is 19.8 Å². The molecule has 0 bridgehead atoms. The fourth-order valence-electron chi connectivity index (χ4n) is 7.20. The van der Waals surface area contributed by atoms with Gasteiger partial charge in [0.1, 0.15) is 48.1 Å². The van der Waals surface area contributed by atoms with Gasteiger partial charge in [-0.2, -0.15) is 4.31 Å². The number of ether oxygens (including phenoxy) is 3. The molecule has 0 aliphatic carbocycles. The summed E-state index contributed by atoms with van der Waals surface area (Å²) in [6, 6.07) is 0. The number of unbranched alkanes of at least 4 members (excludes halogenated alkanes) is 6. The number of carbonyl (C=O) groups is 4. The highest BCUT2D eigenvalue weighted by Gasteiger charge is 2.50. The van der Waals surface area contributed by atoms with Crippen molar-refractivity contribution in [1.29, 1.82) is 0 Å². The number of nitrogens with two attached hydrogens (primary N) is 1. The number of phosphoric acid groups is 3. The molecule has 2 fully saturated rings. The first-order chi connectivity index (χ1) is 33.7. The van der Waals surface area contributed by atoms with Crippen molar-refractivity contribution in [2.45, 2.75) is 147 Å². The van der Waals surface area contributed by atoms with E-state index in [-0.39, 0.29) is 72.4 Å². The third kappa shape index (κ3) is 20.3. The summed E-state index contributed by atoms with van der Waals surface area (Å²) in [5.41, 5.74) is 4.21. The Morgan fingerprint density at radius 3 is 2.26 bits per heavy atom. The van der Waals surface area contributed by atoms with Crippen molar-refractivity contribution >= 4 is 74.9 Å². The lowest BCUT2D eigenvalue weighted by atomic mass is 9.87. The Kier molecular flexibility index (Phi) is 24.2. The molecular weight excluding hydrogens is 1040 g/mol. The second-order valence-electron chi connectivity index (χ2n) is 17.7. The van der Waals surface area contributed by atoms with Crippen LogP contribution in [0.15, 0.2) is 12.7 Å². The van der Waals surface area contributed by atoms with E-state index in [0.717, 1.165) is 67.5 Å². The van der Waals surface area contributed by atoms with Gasteiger partial charge in [-0.1, -0.05) is 57.7 Å². The van der Waals surface area contributed by atoms with Crippen LogP contribution in [0.3, 0.4) is 0 Å². The minimum atomic E-state index is -5.60. The number of nitrogen functional groups attached to an aromatic ring is 1. The van der Waals surface area contributed by atoms with Crippen molar-refractivity contribution in [3.05, 3.63) is 12.7 Å². The number of phosphoric ester groups is 3. The first kappa shape index (κ1) is 61.6. The minimum absolute atomic E-state index is 0.0188. The lowest BCUT2D eigenvalue weighted by molar-refractivity contribution is -0.261. The molecule has 4 heterocycles. The molecule has 12 N–H and O–H groups in total. The number of aliphatic hydroxyl groups excluding tert-OH is 4. The molecule has 72 heavy (non-hydrogen) atoms. The lowest BCUT2D eigenvalue weighted by Crippen LogP contribution is -2.47. The maximum atomic E-state index is 12.7. The molecule has 410 valence electrons. The van der Waals surface area contributed by atoms with Gasteiger partial charge in [-0.3, -0.25) is 37.3 Å². The summed E-state index contributed by atoms with van der Waals surface area (Å²) in [6.45, 7) is 2.41. The van der Waals surface area contributed by atoms with Gasteiger partial charge in [0, 0.05) is 50.1 Å². The molecule has 2 aromatic heterocycles. The monoisotopic (exact) mass is 1110 g/mol. The van der Waals surface area contributed by atoms with Crippen molar-refractivity contribution in [3.8, 4) is 0 Å². The number of rotatable bonds is 32. The Bertz CT molecular complexity index is 2260. The largest absolute Gasteiger partial charge is 0.481 e. The number of ketones is 1. The van der Waals surface area contributed by atoms with Gasteiger partial charge in [0.25, 0.3) is 0 Å². The zero-order valence-corrected chi connectivity index (χ0v) is 43.3. The summed E-state index contributed by atoms with van der Waals surface area (Å²) in [6.07, 6.45) is -3.33. The predicted octanol–water partition coefficient (Wildman–Crippen LogP) is 0.618. The fourth-order valence-corrected chi connectivity index (χ4v) is 10.7. The fraction of sp³-hybridized carbons (Fsp3) is 0.769. The van der Waals surface area contributed by atoms with Gasteiger partial charge < -0.3 is 70.6 Å². The van der Waals surface area contributed by atoms with E-state index in [4.69, 9.17) is 29.0 Å². The molecular formula is C39H66N7O22P3S. The molecule has 33 heteroatoms. The first-order valence-electron chi connectivity index (χ1n) is 22.9. The molecule has 0 aromatic carbocycles. The number of hydrogen-bond donors (Lipinski definition) is 11. The Morgan fingerprint density at radius 2 is 1.57 bits per heavy atom. The maximum absolute atomic E-state index is 12.7. The topological polar surface area (TPSA) is 440 Å². The number of fused-ring (bicyclic) bond motifs is 1. The highest BCUT2D eigenvalue weighted by Crippen LogP contribution is 2.61. The van der Waals surface area contributed by atoms with Crippen molar-refractivity contribution in [2.75, 3.05) is 44.4 Å². The van der Waals surface area contributed by atoms with Gasteiger partial charge in [-0.25, -0.2) is 28.6 Å². The van der Waals surface area contributed by atoms with Crippen LogP contribution in [0.25, 0.3) is 11.2 Å². The van der Waals surface area contributed by atoms with E-state index in [1.165, 1.54) is 13.8 Å². The zero-order chi connectivity index (χ0) is 53.4. The van der Waals surface area contributed by atoms with E-state index in [9.17, 15) is 72.9 Å². The molecule has 4 rings (SSSR count). The second-order valence-corrected chi connectivity index (χ2v) is 23.1. The number of anilines is 1. The van der Waals surface area contributed by atoms with E-state index in [1.807, 2.05) is 0 Å². The number of aromatic nitrogens is 4. The summed E-state index contributed by atoms with van der Waals surface area (Å²) in [4.78, 5) is 101. The van der Waals surface area contributed by atoms with Crippen LogP contribution >= 0.6 is 35.2 Å². The first-order valence-corrected chi connectivity index (χ1v) is 28.4. The summed E-state index contributed by atoms with van der Waals surface area (Å²) >= 11 is 0.901. The number of imidazole rings is 1. The van der Waals surface area contributed by atoms with Crippen LogP contribution in [-0.4, -0.2) is 170 Å². The molecule has 2 aliphatic rings. The summed E-state index contributed by atoms with van der Waals surface area (Å²) in [5.74, 6) is -1.54. The van der Waals surface area contributed by atoms with Crippen molar-refractivity contribution in [3.63, 3.8) is 0 Å². The van der Waals surface area contributed by atoms with Crippen molar-refractivity contribution in [1.82, 2.24) is 30.2 Å². The molecule has 29 nitrogen and oxygen atoms in total. The van der Waals surface area contributed by atoms with E-state index in [0.29, 0.717) is 13.0 Å². The number of carbonyl (C=O) groups excluding carboxylic acids is 4. The Hall–Kier alpha value is -2.93. The van der Waals surface area contributed by atoms with E-state index in [1.54, 1.807) is 6.92 Å². The molecule has 2 saturated heterocycles. The van der Waals surface area contributed by atoms with Gasteiger partial charge in [-0.15, -0.1) is 0 Å². The summed E-state index contributed by atoms with van der Waals surface area (Å²) in [7, 11) is -16.5. The van der Waals surface area contributed by atoms with Crippen LogP contribution in [-0.2, 0) is 65.0 Å². The van der Waals surface area contributed by atoms with Crippen molar-refractivity contribution < 1.29 is 105 Å². The van der Waals surface area contributed by atoms with Crippen LogP contribution < -0.4 is 16.4 Å². The van der Waals surface area contributed by atoms with Gasteiger partial charge in [0.05, 0.1) is 38.2 Å². The molecule has 0 radical (unpaired) electrons. The molecule has 2 unspecified atom stereocenters. The second kappa shape index (κ2) is 28.3. The van der Waals surface area contributed by atoms with Crippen LogP contribution in [0.1, 0.15) is 97.6 Å². The average molecular weight is 1110 g/mol. The number of nitrogens with one attached hydrogen (secondary N) is 2. The Morgan fingerprint density at radius 1 is 0.903 bits per heavy atom. The number of thioether (sulfide) groups is 1. The highest BCUT2D eigenvalue weighted by atomic mass is 32.2. The predicted molar refractivity (Wildman–Crippen MR) is 251 cm³/mol. The third-order valence-electron chi connectivity index (χ3n) is 11.2. The van der Waals surface area contributed by atoms with E-state index < -0.39 is 109 Å². The smallest absolute Gasteiger partial charge is 0.390 e. The van der Waals surface area contributed by atoms with E-state index in [2.05, 4.69) is 34.4 Å². The third-order valence-corrected chi connectivity index (χ3v) is 15.2. The highest BCUT2D eigenvalue weighted by molar-refractivity contribution is 8.13. The SMILES string of the molecule is C[C@@H]1O[C@@H](OCCCCCCCCCC(=O)CC(=O)SCCNC(=O)CCNC(=O)[C@H](O)C(C)(C)COP(=O)(O)OP(=O)(O)OC[C@H]2O[C@@H](n3cnc4c(N)ncnc43)[C@H](O)[C@@H]2OP(=O)(O)O)[C@H](O)C[C@H]1O. The summed E-state index contributed by atoms with van der Waals surface area (Å²) in [5, 5.41) is 45.9. The number of aliphatic hydroxyl groups is 4. The van der Waals surface area contributed by atoms with Crippen molar-refractivity contribution in [2.24, 2.45) is 5.41 Å². The minimum Gasteiger partial charge on any atom is -0.390 e. The summed E-state index contributed by atoms with van der Waals surface area (Å²) < 4.78 is 73.5. The Balaban J connectivity index is 1.05. The van der Waals surface area contributed by atoms with Crippen LogP contribution in [0, 0.1) is 5.41 Å². The molecule has 0 spiro atoms. The Labute approximate surface area is 418 Å². The lowest BCUT2D eigenvalue weighted by Gasteiger charge is -2.35. The molecule has 2 amide bonds. The number of hydrogen-bond acceptors (Lipinski definition) is 23. The zero-order valence-electron chi connectivity index (χ0n) is 39.8. The van der Waals surface area contributed by atoms with Crippen LogP contribution in [0.5, 0.6) is 0 Å². The number of Topliss-reactive ketones (excluding diaryl/α,β-unsaturated/α-hetero) is 1. The van der Waals surface area contributed by atoms with Crippen LogP contribution in [0.2, 0.25) is 0 Å². The molecule has 0 saturated carbocycles. The standard InChI is InChI=1S/C39H66N7O22P3S/c1-23-25(48)18-26(49)38(65-23)62-15-10-8-6-4-5-7-9-11-24(47)17-29(51)72-16-14-41-28(50)12-13-42-36(54)33(53)39(2,3)20-64-71(60,61)68-70(58,59)63-19-27-32(67-69(55,56)57)31(52)37(66-27)46-22-45-30-34(40)43-21-44-35(30)46/h21-23,25-27,31-33,37-38,48-49,52-53H,4-20H2,1-3H3,(H,41,50)(H,42,54)(H,58,59)(H,60,61)(H2,40,43,44)(H2,55,56,57)/t23-,25+,26+,27+,31+,32+,33-,37+,38+/m0/s1. The normalized spacial score (nSPS) is 24.9. The number of nitrogens with zero attached hydrogens (tertiary/aromatic N) is 4. The maximum Gasteiger partial charge on any atom is 0.481 e. The van der Waals surface area contributed by atoms with Crippen LogP contribution in [0.4, 0.5) is 5.82 Å². The van der Waals surface area contributed by atoms with Gasteiger partial charge >= 0.3 is 23.5 Å². The molecule has 2 aromatic rings. The average Bonchev–Trinajstić information content (AvgIpc) is 3.85. The molecule has 11 atom stereocenters.